The van der Waals surface area contributed by atoms with Crippen LogP contribution in [0.2, 0.25) is 0 Å². The largest absolute Gasteiger partial charge is 0.508 e. The molecule has 5 atom stereocenters. The van der Waals surface area contributed by atoms with Crippen molar-refractivity contribution < 1.29 is 36.2 Å². The maximum Gasteiger partial charge on any atom is 0.416 e. The van der Waals surface area contributed by atoms with E-state index in [1.54, 1.807) is 12.1 Å². The Hall–Kier alpha value is -3.60. The Kier molecular flexibility index (Phi) is 6.82. The molecule has 3 aromatic rings. The number of nitrogens with zero attached hydrogens (tertiary/aromatic N) is 2. The maximum atomic E-state index is 13.5. The van der Waals surface area contributed by atoms with Crippen LogP contribution in [0.15, 0.2) is 61.3 Å². The summed E-state index contributed by atoms with van der Waals surface area (Å²) in [7, 11) is 0. The molecule has 3 aliphatic rings. The number of fused-ring (bicyclic) bond motifs is 4. The molecule has 1 aromatic heterocycles. The molecule has 6 rings (SSSR count). The minimum atomic E-state index is -5.08. The van der Waals surface area contributed by atoms with E-state index in [1.807, 2.05) is 6.08 Å². The molecule has 1 unspecified atom stereocenters. The molecule has 0 saturated carbocycles. The molecule has 1 amide bonds. The lowest BCUT2D eigenvalue weighted by Crippen LogP contribution is -2.57. The smallest absolute Gasteiger partial charge is 0.416 e. The van der Waals surface area contributed by atoms with Crippen LogP contribution in [0.1, 0.15) is 45.9 Å². The van der Waals surface area contributed by atoms with E-state index in [1.165, 1.54) is 18.3 Å². The molecule has 2 aromatic carbocycles. The van der Waals surface area contributed by atoms with Crippen molar-refractivity contribution in [3.05, 3.63) is 83.6 Å². The summed E-state index contributed by atoms with van der Waals surface area (Å²) in [6, 6.07) is 5.94. The highest BCUT2D eigenvalue weighted by molar-refractivity contribution is 5.95. The van der Waals surface area contributed by atoms with Crippen molar-refractivity contribution in [2.45, 2.75) is 37.3 Å². The van der Waals surface area contributed by atoms with Crippen LogP contribution in [0.4, 0.5) is 26.3 Å². The molecular weight excluding hydrogens is 524 g/mol. The highest BCUT2D eigenvalue weighted by Crippen LogP contribution is 2.43. The second-order valence-corrected chi connectivity index (χ2v) is 10.1. The lowest BCUT2D eigenvalue weighted by atomic mass is 9.73. The number of hydrogen-bond donors (Lipinski definition) is 2. The summed E-state index contributed by atoms with van der Waals surface area (Å²) in [5.41, 5.74) is -2.80. The Labute approximate surface area is 220 Å². The third-order valence-corrected chi connectivity index (χ3v) is 7.77. The minimum absolute atomic E-state index is 0.00532. The number of rotatable bonds is 5. The molecule has 3 fully saturated rings. The van der Waals surface area contributed by atoms with Crippen molar-refractivity contribution >= 4 is 16.8 Å². The summed E-state index contributed by atoms with van der Waals surface area (Å²) >= 11 is 0. The summed E-state index contributed by atoms with van der Waals surface area (Å²) in [6.45, 7) is 5.30. The SMILES string of the molecule is C=C[C@H]1CN2CC[C@H]1C[C@H]2[C@@H](NC(=O)c1cc(C(F)(F)F)cc(C(F)(F)F)c1)c1ccnc2ccc(O)cc12. The van der Waals surface area contributed by atoms with Crippen LogP contribution in [0.5, 0.6) is 5.75 Å². The quantitative estimate of drug-likeness (QED) is 0.288. The van der Waals surface area contributed by atoms with Gasteiger partial charge < -0.3 is 10.4 Å². The zero-order valence-corrected chi connectivity index (χ0v) is 20.6. The molecule has 206 valence electrons. The third kappa shape index (κ3) is 5.32. The number of carbonyl (C=O) groups excluding carboxylic acids is 1. The van der Waals surface area contributed by atoms with Gasteiger partial charge in [0.15, 0.2) is 0 Å². The summed E-state index contributed by atoms with van der Waals surface area (Å²) < 4.78 is 80.7. The number of piperidine rings is 3. The van der Waals surface area contributed by atoms with Gasteiger partial charge in [0, 0.05) is 29.7 Å². The molecule has 2 N–H and O–H groups in total. The first-order chi connectivity index (χ1) is 18.3. The van der Waals surface area contributed by atoms with Crippen molar-refractivity contribution in [2.24, 2.45) is 11.8 Å². The van der Waals surface area contributed by atoms with Gasteiger partial charge in [-0.15, -0.1) is 6.58 Å². The Morgan fingerprint density at radius 1 is 1.08 bits per heavy atom. The van der Waals surface area contributed by atoms with Crippen LogP contribution >= 0.6 is 0 Å². The van der Waals surface area contributed by atoms with Gasteiger partial charge >= 0.3 is 12.4 Å². The summed E-state index contributed by atoms with van der Waals surface area (Å²) in [4.78, 5) is 19.9. The normalized spacial score (nSPS) is 23.9. The van der Waals surface area contributed by atoms with Gasteiger partial charge in [-0.05, 0) is 79.3 Å². The first-order valence-corrected chi connectivity index (χ1v) is 12.4. The first-order valence-electron chi connectivity index (χ1n) is 12.4. The zero-order valence-electron chi connectivity index (χ0n) is 20.6. The number of halogens is 6. The van der Waals surface area contributed by atoms with Gasteiger partial charge in [0.05, 0.1) is 22.7 Å². The highest BCUT2D eigenvalue weighted by atomic mass is 19.4. The lowest BCUT2D eigenvalue weighted by molar-refractivity contribution is -0.143. The number of carbonyl (C=O) groups is 1. The third-order valence-electron chi connectivity index (χ3n) is 7.77. The fourth-order valence-electron chi connectivity index (χ4n) is 5.84. The van der Waals surface area contributed by atoms with E-state index in [4.69, 9.17) is 0 Å². The van der Waals surface area contributed by atoms with Crippen LogP contribution in [0.3, 0.4) is 0 Å². The molecule has 3 aliphatic heterocycles. The standard InChI is InChI=1S/C28H25F6N3O2/c1-2-15-14-37-8-6-16(15)11-24(37)25(21-5-7-35-23-4-3-20(38)13-22(21)23)36-26(39)17-9-18(27(29,30)31)12-19(10-17)28(32,33)34/h2-5,7,9-10,12-13,15-16,24-25,38H,1,6,8,11,14H2,(H,36,39)/t15-,16-,24-,25-/m0/s1. The minimum Gasteiger partial charge on any atom is -0.508 e. The number of phenolic OH excluding ortho intramolecular Hbond substituents is 1. The van der Waals surface area contributed by atoms with Crippen molar-refractivity contribution in [3.63, 3.8) is 0 Å². The number of pyridine rings is 1. The van der Waals surface area contributed by atoms with Gasteiger partial charge in [0.25, 0.3) is 5.91 Å². The number of phenols is 1. The molecule has 0 spiro atoms. The number of hydrogen-bond acceptors (Lipinski definition) is 4. The fraction of sp³-hybridized carbons (Fsp3) is 0.357. The van der Waals surface area contributed by atoms with Crippen LogP contribution < -0.4 is 5.32 Å². The fourth-order valence-corrected chi connectivity index (χ4v) is 5.84. The maximum absolute atomic E-state index is 13.5. The monoisotopic (exact) mass is 549 g/mol. The molecule has 0 radical (unpaired) electrons. The van der Waals surface area contributed by atoms with Gasteiger partial charge in [0.1, 0.15) is 5.75 Å². The molecule has 39 heavy (non-hydrogen) atoms. The van der Waals surface area contributed by atoms with Crippen molar-refractivity contribution in [1.82, 2.24) is 15.2 Å². The Balaban J connectivity index is 1.59. The second-order valence-electron chi connectivity index (χ2n) is 10.1. The van der Waals surface area contributed by atoms with E-state index in [0.717, 1.165) is 13.0 Å². The van der Waals surface area contributed by atoms with Crippen LogP contribution in [0.25, 0.3) is 10.9 Å². The number of benzene rings is 2. The highest BCUT2D eigenvalue weighted by Gasteiger charge is 2.44. The van der Waals surface area contributed by atoms with Gasteiger partial charge in [0.2, 0.25) is 0 Å². The van der Waals surface area contributed by atoms with E-state index >= 15 is 0 Å². The number of aromatic nitrogens is 1. The summed E-state index contributed by atoms with van der Waals surface area (Å²) in [5, 5.41) is 13.4. The molecular formula is C28H25F6N3O2. The summed E-state index contributed by atoms with van der Waals surface area (Å²) in [5.74, 6) is -0.609. The Morgan fingerprint density at radius 3 is 2.36 bits per heavy atom. The molecule has 3 saturated heterocycles. The molecule has 4 heterocycles. The van der Waals surface area contributed by atoms with Gasteiger partial charge in [-0.2, -0.15) is 26.3 Å². The van der Waals surface area contributed by atoms with Gasteiger partial charge in [-0.1, -0.05) is 6.08 Å². The first kappa shape index (κ1) is 27.0. The predicted octanol–water partition coefficient (Wildman–Crippen LogP) is 6.35. The molecule has 0 aliphatic carbocycles. The number of aromatic hydroxyl groups is 1. The van der Waals surface area contributed by atoms with E-state index in [0.29, 0.717) is 41.6 Å². The topological polar surface area (TPSA) is 65.5 Å². The number of amides is 1. The number of nitrogens with one attached hydrogen (secondary N) is 1. The van der Waals surface area contributed by atoms with Crippen molar-refractivity contribution in [2.75, 3.05) is 13.1 Å². The molecule has 5 nitrogen and oxygen atoms in total. The molecule has 11 heteroatoms. The van der Waals surface area contributed by atoms with Crippen molar-refractivity contribution in [1.29, 1.82) is 0 Å². The lowest BCUT2D eigenvalue weighted by Gasteiger charge is -2.51. The van der Waals surface area contributed by atoms with E-state index in [-0.39, 0.29) is 29.7 Å². The zero-order chi connectivity index (χ0) is 28.1. The average Bonchev–Trinajstić information content (AvgIpc) is 2.90. The Bertz CT molecular complexity index is 1390. The average molecular weight is 550 g/mol. The van der Waals surface area contributed by atoms with E-state index < -0.39 is 41.0 Å². The van der Waals surface area contributed by atoms with Crippen LogP contribution in [-0.2, 0) is 12.4 Å². The summed E-state index contributed by atoms with van der Waals surface area (Å²) in [6.07, 6.45) is -5.20. The van der Waals surface area contributed by atoms with Crippen LogP contribution in [-0.4, -0.2) is 40.0 Å². The second kappa shape index (κ2) is 9.86. The van der Waals surface area contributed by atoms with Crippen LogP contribution in [0, 0.1) is 11.8 Å². The number of alkyl halides is 6. The van der Waals surface area contributed by atoms with Crippen molar-refractivity contribution in [3.8, 4) is 5.75 Å². The molecule has 2 bridgehead atoms. The van der Waals surface area contributed by atoms with Gasteiger partial charge in [-0.25, -0.2) is 0 Å². The Morgan fingerprint density at radius 2 is 1.77 bits per heavy atom. The van der Waals surface area contributed by atoms with E-state index in [2.05, 4.69) is 21.8 Å². The van der Waals surface area contributed by atoms with E-state index in [9.17, 15) is 36.2 Å². The van der Waals surface area contributed by atoms with Gasteiger partial charge in [-0.3, -0.25) is 14.7 Å². The predicted molar refractivity (Wildman–Crippen MR) is 132 cm³/mol.